The molecule has 27 heavy (non-hydrogen) atoms. The molecule has 7 nitrogen and oxygen atoms in total. The fraction of sp³-hybridized carbons (Fsp3) is 0.421. The number of nitrogens with zero attached hydrogens (tertiary/aromatic N) is 4. The van der Waals surface area contributed by atoms with Crippen LogP contribution >= 0.6 is 0 Å². The Kier molecular flexibility index (Phi) is 4.22. The molecule has 2 amide bonds. The number of carbonyl (C=O) groups is 2. The standard InChI is InChI=1S/C19H21FN4O3/c1-13-16(9-21-27-13)18(26)23-7-6-19(11-23)12-24(17(25)10-22(19)2)15-5-3-4-14(20)8-15/h3-5,8-9H,6-7,10-12H2,1-2H3/t19-/m1/s1. The van der Waals surface area contributed by atoms with Gasteiger partial charge in [0.05, 0.1) is 18.3 Å². The Balaban J connectivity index is 1.58. The van der Waals surface area contributed by atoms with E-state index in [1.54, 1.807) is 28.9 Å². The van der Waals surface area contributed by atoms with Crippen LogP contribution in [-0.2, 0) is 4.79 Å². The van der Waals surface area contributed by atoms with Crippen molar-refractivity contribution in [2.45, 2.75) is 18.9 Å². The Labute approximate surface area is 156 Å². The molecular formula is C19H21FN4O3. The highest BCUT2D eigenvalue weighted by Gasteiger charge is 2.49. The minimum atomic E-state index is -0.376. The molecule has 8 heteroatoms. The average molecular weight is 372 g/mol. The quantitative estimate of drug-likeness (QED) is 0.802. The highest BCUT2D eigenvalue weighted by Crippen LogP contribution is 2.34. The van der Waals surface area contributed by atoms with Crippen LogP contribution in [0.2, 0.25) is 0 Å². The summed E-state index contributed by atoms with van der Waals surface area (Å²) in [5.74, 6) is -0.0736. The van der Waals surface area contributed by atoms with Gasteiger partial charge in [0.2, 0.25) is 5.91 Å². The van der Waals surface area contributed by atoms with Gasteiger partial charge in [-0.25, -0.2) is 4.39 Å². The van der Waals surface area contributed by atoms with E-state index in [9.17, 15) is 14.0 Å². The van der Waals surface area contributed by atoms with Crippen LogP contribution < -0.4 is 4.90 Å². The lowest BCUT2D eigenvalue weighted by Gasteiger charge is -2.46. The van der Waals surface area contributed by atoms with Crippen molar-refractivity contribution >= 4 is 17.5 Å². The summed E-state index contributed by atoms with van der Waals surface area (Å²) in [6, 6.07) is 6.06. The summed E-state index contributed by atoms with van der Waals surface area (Å²) in [5.41, 5.74) is 0.650. The van der Waals surface area contributed by atoms with Gasteiger partial charge in [0, 0.05) is 25.3 Å². The summed E-state index contributed by atoms with van der Waals surface area (Å²) in [6.07, 6.45) is 2.18. The van der Waals surface area contributed by atoms with Crippen LogP contribution in [0.15, 0.2) is 35.0 Å². The first-order valence-electron chi connectivity index (χ1n) is 8.87. The monoisotopic (exact) mass is 372 g/mol. The molecule has 4 rings (SSSR count). The van der Waals surface area contributed by atoms with E-state index in [0.29, 0.717) is 36.6 Å². The lowest BCUT2D eigenvalue weighted by atomic mass is 9.92. The highest BCUT2D eigenvalue weighted by atomic mass is 19.1. The van der Waals surface area contributed by atoms with Crippen LogP contribution in [0.4, 0.5) is 10.1 Å². The Hall–Kier alpha value is -2.74. The normalized spacial score (nSPS) is 23.4. The average Bonchev–Trinajstić information content (AvgIpc) is 3.25. The largest absolute Gasteiger partial charge is 0.361 e. The van der Waals surface area contributed by atoms with Gasteiger partial charge in [-0.15, -0.1) is 0 Å². The van der Waals surface area contributed by atoms with Gasteiger partial charge in [0.1, 0.15) is 17.1 Å². The van der Waals surface area contributed by atoms with Crippen LogP contribution in [0.25, 0.3) is 0 Å². The van der Waals surface area contributed by atoms with Gasteiger partial charge >= 0.3 is 0 Å². The molecule has 3 heterocycles. The summed E-state index contributed by atoms with van der Waals surface area (Å²) in [6.45, 7) is 3.43. The molecule has 2 fully saturated rings. The molecule has 1 aromatic heterocycles. The van der Waals surface area contributed by atoms with Crippen molar-refractivity contribution in [3.8, 4) is 0 Å². The number of carbonyl (C=O) groups excluding carboxylic acids is 2. The molecule has 2 aliphatic rings. The number of aryl methyl sites for hydroxylation is 1. The zero-order valence-corrected chi connectivity index (χ0v) is 15.3. The first-order valence-corrected chi connectivity index (χ1v) is 8.87. The van der Waals surface area contributed by atoms with E-state index >= 15 is 0 Å². The SMILES string of the molecule is Cc1oncc1C(=O)N1CC[C@@]2(C1)CN(c1cccc(F)c1)C(=O)CN2C. The van der Waals surface area contributed by atoms with Crippen LogP contribution in [-0.4, -0.2) is 65.5 Å². The minimum Gasteiger partial charge on any atom is -0.361 e. The third kappa shape index (κ3) is 2.99. The summed E-state index contributed by atoms with van der Waals surface area (Å²) in [5, 5.41) is 3.68. The smallest absolute Gasteiger partial charge is 0.259 e. The maximum atomic E-state index is 13.6. The van der Waals surface area contributed by atoms with Crippen molar-refractivity contribution < 1.29 is 18.5 Å². The number of hydrogen-bond acceptors (Lipinski definition) is 5. The van der Waals surface area contributed by atoms with Crippen molar-refractivity contribution in [1.29, 1.82) is 0 Å². The molecule has 1 aromatic carbocycles. The molecule has 1 atom stereocenters. The predicted molar refractivity (Wildman–Crippen MR) is 95.9 cm³/mol. The zero-order valence-electron chi connectivity index (χ0n) is 15.3. The van der Waals surface area contributed by atoms with Crippen molar-refractivity contribution in [3.05, 3.63) is 47.6 Å². The van der Waals surface area contributed by atoms with Crippen LogP contribution in [0.5, 0.6) is 0 Å². The van der Waals surface area contributed by atoms with Gasteiger partial charge < -0.3 is 14.3 Å². The number of likely N-dealkylation sites (tertiary alicyclic amines) is 1. The molecule has 0 saturated carbocycles. The molecule has 0 unspecified atom stereocenters. The van der Waals surface area contributed by atoms with Crippen molar-refractivity contribution in [3.63, 3.8) is 0 Å². The maximum Gasteiger partial charge on any atom is 0.259 e. The number of aromatic nitrogens is 1. The van der Waals surface area contributed by atoms with E-state index < -0.39 is 0 Å². The van der Waals surface area contributed by atoms with E-state index in [1.807, 2.05) is 11.9 Å². The van der Waals surface area contributed by atoms with E-state index in [-0.39, 0.29) is 29.7 Å². The molecule has 2 saturated heterocycles. The van der Waals surface area contributed by atoms with E-state index in [4.69, 9.17) is 4.52 Å². The lowest BCUT2D eigenvalue weighted by Crippen LogP contribution is -2.64. The van der Waals surface area contributed by atoms with Gasteiger partial charge in [-0.1, -0.05) is 11.2 Å². The van der Waals surface area contributed by atoms with E-state index in [2.05, 4.69) is 5.16 Å². The lowest BCUT2D eigenvalue weighted by molar-refractivity contribution is -0.123. The minimum absolute atomic E-state index is 0.0756. The maximum absolute atomic E-state index is 13.6. The number of hydrogen-bond donors (Lipinski definition) is 0. The molecular weight excluding hydrogens is 351 g/mol. The van der Waals surface area contributed by atoms with E-state index in [0.717, 1.165) is 6.42 Å². The van der Waals surface area contributed by atoms with Gasteiger partial charge in [-0.05, 0) is 38.6 Å². The fourth-order valence-corrected chi connectivity index (χ4v) is 3.98. The topological polar surface area (TPSA) is 69.9 Å². The summed E-state index contributed by atoms with van der Waals surface area (Å²) >= 11 is 0. The molecule has 0 radical (unpaired) electrons. The fourth-order valence-electron chi connectivity index (χ4n) is 3.98. The molecule has 2 aliphatic heterocycles. The highest BCUT2D eigenvalue weighted by molar-refractivity contribution is 5.97. The number of rotatable bonds is 2. The summed E-state index contributed by atoms with van der Waals surface area (Å²) in [7, 11) is 1.90. The van der Waals surface area contributed by atoms with Gasteiger partial charge in [0.25, 0.3) is 5.91 Å². The number of amides is 2. The van der Waals surface area contributed by atoms with Gasteiger partial charge in [-0.3, -0.25) is 14.5 Å². The first kappa shape index (κ1) is 17.7. The zero-order chi connectivity index (χ0) is 19.2. The Morgan fingerprint density at radius 2 is 2.15 bits per heavy atom. The molecule has 2 aromatic rings. The van der Waals surface area contributed by atoms with Crippen molar-refractivity contribution in [2.24, 2.45) is 0 Å². The number of halogens is 1. The number of piperazine rings is 1. The molecule has 1 spiro atoms. The van der Waals surface area contributed by atoms with E-state index in [1.165, 1.54) is 18.3 Å². The second-order valence-electron chi connectivity index (χ2n) is 7.31. The molecule has 0 bridgehead atoms. The molecule has 0 N–H and O–H groups in total. The Morgan fingerprint density at radius 3 is 2.85 bits per heavy atom. The summed E-state index contributed by atoms with van der Waals surface area (Å²) in [4.78, 5) is 30.8. The first-order chi connectivity index (χ1) is 12.9. The van der Waals surface area contributed by atoms with Crippen LogP contribution in [0.1, 0.15) is 22.5 Å². The second-order valence-corrected chi connectivity index (χ2v) is 7.31. The van der Waals surface area contributed by atoms with Gasteiger partial charge in [-0.2, -0.15) is 0 Å². The summed E-state index contributed by atoms with van der Waals surface area (Å²) < 4.78 is 18.6. The second kappa shape index (κ2) is 6.45. The Morgan fingerprint density at radius 1 is 1.33 bits per heavy atom. The van der Waals surface area contributed by atoms with Gasteiger partial charge in [0.15, 0.2) is 0 Å². The number of anilines is 1. The van der Waals surface area contributed by atoms with Crippen LogP contribution in [0.3, 0.4) is 0 Å². The van der Waals surface area contributed by atoms with Crippen molar-refractivity contribution in [2.75, 3.05) is 38.1 Å². The van der Waals surface area contributed by atoms with Crippen LogP contribution in [0, 0.1) is 12.7 Å². The third-order valence-corrected chi connectivity index (χ3v) is 5.66. The number of benzene rings is 1. The van der Waals surface area contributed by atoms with Crippen molar-refractivity contribution in [1.82, 2.24) is 15.0 Å². The third-order valence-electron chi connectivity index (χ3n) is 5.66. The Bertz CT molecular complexity index is 899. The molecule has 0 aliphatic carbocycles. The predicted octanol–water partition coefficient (Wildman–Crippen LogP) is 1.69. The molecule has 142 valence electrons. The number of likely N-dealkylation sites (N-methyl/N-ethyl adjacent to an activating group) is 1.